The number of rotatable bonds is 7. The summed E-state index contributed by atoms with van der Waals surface area (Å²) in [4.78, 5) is 30.4. The first kappa shape index (κ1) is 21.7. The maximum absolute atomic E-state index is 12.5. The molecule has 0 bridgehead atoms. The zero-order chi connectivity index (χ0) is 21.7. The van der Waals surface area contributed by atoms with Gasteiger partial charge in [0.1, 0.15) is 5.82 Å². The Labute approximate surface area is 183 Å². The van der Waals surface area contributed by atoms with Gasteiger partial charge >= 0.3 is 0 Å². The van der Waals surface area contributed by atoms with E-state index in [0.717, 1.165) is 21.5 Å². The molecule has 2 aromatic heterocycles. The summed E-state index contributed by atoms with van der Waals surface area (Å²) < 4.78 is 2.63. The van der Waals surface area contributed by atoms with Crippen molar-refractivity contribution < 1.29 is 9.59 Å². The van der Waals surface area contributed by atoms with Gasteiger partial charge in [0.25, 0.3) is 0 Å². The van der Waals surface area contributed by atoms with Crippen molar-refractivity contribution in [3.63, 3.8) is 0 Å². The van der Waals surface area contributed by atoms with Crippen molar-refractivity contribution in [2.45, 2.75) is 13.8 Å². The zero-order valence-corrected chi connectivity index (χ0v) is 18.6. The fourth-order valence-corrected chi connectivity index (χ4v) is 3.24. The number of carbonyl (C=O) groups is 2. The Bertz CT molecular complexity index is 1030. The van der Waals surface area contributed by atoms with E-state index in [2.05, 4.69) is 36.6 Å². The summed E-state index contributed by atoms with van der Waals surface area (Å²) in [5, 5.41) is 10.1. The van der Waals surface area contributed by atoms with Gasteiger partial charge in [0.05, 0.1) is 35.9 Å². The van der Waals surface area contributed by atoms with Crippen molar-refractivity contribution in [1.82, 2.24) is 19.7 Å². The smallest absolute Gasteiger partial charge is 0.239 e. The topological polar surface area (TPSA) is 92.2 Å². The summed E-state index contributed by atoms with van der Waals surface area (Å²) in [5.74, 6) is -0.00381. The van der Waals surface area contributed by atoms with Crippen LogP contribution in [0.25, 0.3) is 5.69 Å². The molecule has 30 heavy (non-hydrogen) atoms. The minimum atomic E-state index is -0.246. The van der Waals surface area contributed by atoms with Crippen LogP contribution in [0.1, 0.15) is 11.4 Å². The van der Waals surface area contributed by atoms with Crippen LogP contribution in [0.2, 0.25) is 0 Å². The Morgan fingerprint density at radius 2 is 1.70 bits per heavy atom. The molecule has 0 aliphatic heterocycles. The van der Waals surface area contributed by atoms with E-state index in [9.17, 15) is 9.59 Å². The Kier molecular flexibility index (Phi) is 6.96. The van der Waals surface area contributed by atoms with Gasteiger partial charge in [-0.1, -0.05) is 18.2 Å². The Hall–Kier alpha value is -3.04. The van der Waals surface area contributed by atoms with Crippen LogP contribution in [0.3, 0.4) is 0 Å². The lowest BCUT2D eigenvalue weighted by Crippen LogP contribution is -2.36. The third-order valence-electron chi connectivity index (χ3n) is 4.38. The van der Waals surface area contributed by atoms with Crippen LogP contribution in [0, 0.1) is 13.8 Å². The van der Waals surface area contributed by atoms with Crippen molar-refractivity contribution in [2.75, 3.05) is 30.8 Å². The van der Waals surface area contributed by atoms with Crippen molar-refractivity contribution in [3.05, 3.63) is 64.5 Å². The van der Waals surface area contributed by atoms with Crippen LogP contribution >= 0.6 is 15.9 Å². The molecule has 9 heteroatoms. The largest absolute Gasteiger partial charge is 0.322 e. The number of para-hydroxylation sites is 1. The number of aryl methyl sites for hydroxylation is 1. The fourth-order valence-electron chi connectivity index (χ4n) is 3.00. The molecule has 0 spiro atoms. The van der Waals surface area contributed by atoms with Crippen LogP contribution in [-0.4, -0.2) is 51.6 Å². The average molecular weight is 471 g/mol. The molecule has 2 amide bonds. The number of likely N-dealkylation sites (N-methyl/N-ethyl adjacent to an activating group) is 1. The van der Waals surface area contributed by atoms with Gasteiger partial charge in [0.2, 0.25) is 11.8 Å². The first-order valence-corrected chi connectivity index (χ1v) is 10.1. The van der Waals surface area contributed by atoms with Gasteiger partial charge in [0.15, 0.2) is 0 Å². The number of nitrogens with one attached hydrogen (secondary N) is 2. The van der Waals surface area contributed by atoms with Gasteiger partial charge in [0, 0.05) is 10.7 Å². The highest BCUT2D eigenvalue weighted by atomic mass is 79.9. The normalized spacial score (nSPS) is 10.8. The van der Waals surface area contributed by atoms with Crippen molar-refractivity contribution in [2.24, 2.45) is 0 Å². The SMILES string of the molecule is Cc1nn(-c2ccccc2)c(C)c1NC(=O)CN(C)CC(=O)Nc1ccc(Br)cn1. The van der Waals surface area contributed by atoms with Crippen LogP contribution in [0.5, 0.6) is 0 Å². The molecule has 0 fully saturated rings. The van der Waals surface area contributed by atoms with Gasteiger partial charge in [-0.05, 0) is 61.1 Å². The number of aromatic nitrogens is 3. The molecule has 0 saturated heterocycles. The van der Waals surface area contributed by atoms with E-state index in [0.29, 0.717) is 11.5 Å². The quantitative estimate of drug-likeness (QED) is 0.553. The van der Waals surface area contributed by atoms with Crippen molar-refractivity contribution in [3.8, 4) is 5.69 Å². The van der Waals surface area contributed by atoms with Crippen LogP contribution in [0.15, 0.2) is 53.1 Å². The van der Waals surface area contributed by atoms with Gasteiger partial charge < -0.3 is 10.6 Å². The lowest BCUT2D eigenvalue weighted by molar-refractivity contribution is -0.119. The van der Waals surface area contributed by atoms with Crippen molar-refractivity contribution >= 4 is 39.2 Å². The molecule has 8 nitrogen and oxygen atoms in total. The summed E-state index contributed by atoms with van der Waals surface area (Å²) in [6, 6.07) is 13.2. The molecule has 0 unspecified atom stereocenters. The molecule has 0 aliphatic rings. The van der Waals surface area contributed by atoms with E-state index >= 15 is 0 Å². The zero-order valence-electron chi connectivity index (χ0n) is 17.0. The Balaban J connectivity index is 1.57. The molecule has 0 saturated carbocycles. The molecule has 2 N–H and O–H groups in total. The molecule has 3 aromatic rings. The second-order valence-electron chi connectivity index (χ2n) is 6.92. The molecule has 3 rings (SSSR count). The third-order valence-corrected chi connectivity index (χ3v) is 4.85. The summed E-state index contributed by atoms with van der Waals surface area (Å²) in [5.41, 5.74) is 3.18. The number of halogens is 1. The predicted octanol–water partition coefficient (Wildman–Crippen LogP) is 3.16. The highest BCUT2D eigenvalue weighted by Gasteiger charge is 2.17. The maximum Gasteiger partial charge on any atom is 0.239 e. The minimum Gasteiger partial charge on any atom is -0.322 e. The molecule has 0 atom stereocenters. The van der Waals surface area contributed by atoms with Crippen LogP contribution in [0.4, 0.5) is 11.5 Å². The molecule has 0 radical (unpaired) electrons. The molecular weight excluding hydrogens is 448 g/mol. The van der Waals surface area contributed by atoms with E-state index < -0.39 is 0 Å². The molecular formula is C21H23BrN6O2. The van der Waals surface area contributed by atoms with E-state index in [-0.39, 0.29) is 24.9 Å². The van der Waals surface area contributed by atoms with E-state index in [4.69, 9.17) is 0 Å². The summed E-state index contributed by atoms with van der Waals surface area (Å²) in [6.07, 6.45) is 1.60. The predicted molar refractivity (Wildman–Crippen MR) is 120 cm³/mol. The number of amides is 2. The first-order chi connectivity index (χ1) is 14.3. The number of nitrogens with zero attached hydrogens (tertiary/aromatic N) is 4. The standard InChI is InChI=1S/C21H23BrN6O2/c1-14-21(15(2)28(26-14)17-7-5-4-6-8-17)25-20(30)13-27(3)12-19(29)24-18-10-9-16(22)11-23-18/h4-11H,12-13H2,1-3H3,(H,25,30)(H,23,24,29). The first-order valence-electron chi connectivity index (χ1n) is 9.35. The Morgan fingerprint density at radius 3 is 2.33 bits per heavy atom. The summed E-state index contributed by atoms with van der Waals surface area (Å²) in [7, 11) is 1.71. The van der Waals surface area contributed by atoms with Gasteiger partial charge in [-0.15, -0.1) is 0 Å². The lowest BCUT2D eigenvalue weighted by Gasteiger charge is -2.16. The van der Waals surface area contributed by atoms with Gasteiger partial charge in [-0.2, -0.15) is 5.10 Å². The number of benzene rings is 1. The number of hydrogen-bond donors (Lipinski definition) is 2. The summed E-state index contributed by atoms with van der Waals surface area (Å²) >= 11 is 3.30. The summed E-state index contributed by atoms with van der Waals surface area (Å²) in [6.45, 7) is 3.89. The lowest BCUT2D eigenvalue weighted by atomic mass is 10.3. The van der Waals surface area contributed by atoms with E-state index in [1.807, 2.05) is 44.2 Å². The molecule has 2 heterocycles. The minimum absolute atomic E-state index is 0.0619. The molecule has 156 valence electrons. The van der Waals surface area contributed by atoms with Gasteiger partial charge in [-0.25, -0.2) is 9.67 Å². The average Bonchev–Trinajstić information content (AvgIpc) is 2.98. The highest BCUT2D eigenvalue weighted by Crippen LogP contribution is 2.22. The number of carbonyl (C=O) groups excluding carboxylic acids is 2. The third kappa shape index (κ3) is 5.52. The van der Waals surface area contributed by atoms with Crippen LogP contribution in [-0.2, 0) is 9.59 Å². The fraction of sp³-hybridized carbons (Fsp3) is 0.238. The van der Waals surface area contributed by atoms with Crippen LogP contribution < -0.4 is 10.6 Å². The van der Waals surface area contributed by atoms with Gasteiger partial charge in [-0.3, -0.25) is 14.5 Å². The van der Waals surface area contributed by atoms with E-state index in [1.165, 1.54) is 0 Å². The number of pyridine rings is 1. The second-order valence-corrected chi connectivity index (χ2v) is 7.84. The van der Waals surface area contributed by atoms with E-state index in [1.54, 1.807) is 35.0 Å². The number of anilines is 2. The Morgan fingerprint density at radius 1 is 1.03 bits per heavy atom. The monoisotopic (exact) mass is 470 g/mol. The van der Waals surface area contributed by atoms with Crippen molar-refractivity contribution in [1.29, 1.82) is 0 Å². The molecule has 0 aliphatic carbocycles. The molecule has 1 aromatic carbocycles. The highest BCUT2D eigenvalue weighted by molar-refractivity contribution is 9.10. The maximum atomic E-state index is 12.5. The second kappa shape index (κ2) is 9.64. The number of hydrogen-bond acceptors (Lipinski definition) is 5.